The summed E-state index contributed by atoms with van der Waals surface area (Å²) in [5.41, 5.74) is 0. The lowest BCUT2D eigenvalue weighted by Gasteiger charge is -1.89. The van der Waals surface area contributed by atoms with Crippen molar-refractivity contribution in [2.24, 2.45) is 0 Å². The van der Waals surface area contributed by atoms with Gasteiger partial charge in [0, 0.05) is 12.8 Å². The largest absolute Gasteiger partial charge is 0.300 e. The van der Waals surface area contributed by atoms with Crippen LogP contribution < -0.4 is 0 Å². The Balaban J connectivity index is 3.42. The van der Waals surface area contributed by atoms with Gasteiger partial charge in [-0.1, -0.05) is 43.9 Å². The molecule has 0 atom stereocenters. The molecule has 0 radical (unpaired) electrons. The van der Waals surface area contributed by atoms with Gasteiger partial charge in [0.05, 0.1) is 0 Å². The van der Waals surface area contributed by atoms with Gasteiger partial charge in [0.2, 0.25) is 0 Å². The zero-order valence-electron chi connectivity index (χ0n) is 7.62. The smallest absolute Gasteiger partial charge is 0.132 e. The Morgan fingerprint density at radius 2 is 2.08 bits per heavy atom. The van der Waals surface area contributed by atoms with Crippen LogP contribution in [0.1, 0.15) is 26.2 Å². The molecule has 0 amide bonds. The van der Waals surface area contributed by atoms with E-state index in [1.165, 1.54) is 0 Å². The van der Waals surface area contributed by atoms with Crippen molar-refractivity contribution in [2.45, 2.75) is 26.2 Å². The van der Waals surface area contributed by atoms with Crippen LogP contribution >= 0.6 is 0 Å². The predicted octanol–water partition coefficient (Wildman–Crippen LogP) is 3.04. The lowest BCUT2D eigenvalue weighted by atomic mass is 10.2. The fourth-order valence-electron chi connectivity index (χ4n) is 0.739. The molecule has 0 aliphatic heterocycles. The van der Waals surface area contributed by atoms with Crippen LogP contribution in [0.4, 0.5) is 0 Å². The highest BCUT2D eigenvalue weighted by Crippen LogP contribution is 1.95. The lowest BCUT2D eigenvalue weighted by Crippen LogP contribution is -1.92. The zero-order chi connectivity index (χ0) is 9.23. The first-order valence-electron chi connectivity index (χ1n) is 4.27. The second-order valence-electron chi connectivity index (χ2n) is 2.48. The van der Waals surface area contributed by atoms with Crippen LogP contribution in [0.2, 0.25) is 0 Å². The Morgan fingerprint density at radius 1 is 1.33 bits per heavy atom. The quantitative estimate of drug-likeness (QED) is 0.551. The standard InChI is InChI=1S/C11H16O/c1-3-5-6-7-8-9-10-11(12)4-2/h3,5-8H,1,4,9-10H2,2H3/b6-5+,8-7?. The number of hydrogen-bond acceptors (Lipinski definition) is 1. The van der Waals surface area contributed by atoms with Crippen LogP contribution in [0.5, 0.6) is 0 Å². The van der Waals surface area contributed by atoms with Crippen molar-refractivity contribution in [2.75, 3.05) is 0 Å². The molecule has 0 unspecified atom stereocenters. The summed E-state index contributed by atoms with van der Waals surface area (Å²) in [4.78, 5) is 10.8. The molecule has 0 aliphatic rings. The molecule has 1 nitrogen and oxygen atoms in total. The summed E-state index contributed by atoms with van der Waals surface area (Å²) in [6.07, 6.45) is 11.6. The van der Waals surface area contributed by atoms with E-state index >= 15 is 0 Å². The molecule has 0 aliphatic carbocycles. The first-order chi connectivity index (χ1) is 5.81. The van der Waals surface area contributed by atoms with Crippen molar-refractivity contribution in [3.8, 4) is 0 Å². The first-order valence-corrected chi connectivity index (χ1v) is 4.27. The lowest BCUT2D eigenvalue weighted by molar-refractivity contribution is -0.118. The SMILES string of the molecule is C=C/C=C/C=CCCC(=O)CC. The third kappa shape index (κ3) is 7.00. The minimum Gasteiger partial charge on any atom is -0.300 e. The molecule has 0 aromatic carbocycles. The summed E-state index contributed by atoms with van der Waals surface area (Å²) < 4.78 is 0. The van der Waals surface area contributed by atoms with Gasteiger partial charge in [0.15, 0.2) is 0 Å². The van der Waals surface area contributed by atoms with Crippen molar-refractivity contribution < 1.29 is 4.79 Å². The van der Waals surface area contributed by atoms with E-state index in [2.05, 4.69) is 6.58 Å². The molecular formula is C11H16O. The fraction of sp³-hybridized carbons (Fsp3) is 0.364. The normalized spacial score (nSPS) is 11.1. The summed E-state index contributed by atoms with van der Waals surface area (Å²) in [6.45, 7) is 5.44. The summed E-state index contributed by atoms with van der Waals surface area (Å²) in [7, 11) is 0. The molecule has 0 N–H and O–H groups in total. The highest BCUT2D eigenvalue weighted by Gasteiger charge is 1.93. The predicted molar refractivity (Wildman–Crippen MR) is 53.0 cm³/mol. The third-order valence-electron chi connectivity index (χ3n) is 1.48. The zero-order valence-corrected chi connectivity index (χ0v) is 7.62. The van der Waals surface area contributed by atoms with E-state index in [0.29, 0.717) is 18.6 Å². The van der Waals surface area contributed by atoms with E-state index in [0.717, 1.165) is 6.42 Å². The maximum Gasteiger partial charge on any atom is 0.132 e. The van der Waals surface area contributed by atoms with Gasteiger partial charge >= 0.3 is 0 Å². The fourth-order valence-corrected chi connectivity index (χ4v) is 0.739. The van der Waals surface area contributed by atoms with E-state index < -0.39 is 0 Å². The second kappa shape index (κ2) is 7.99. The Bertz CT molecular complexity index is 187. The van der Waals surface area contributed by atoms with E-state index in [1.807, 2.05) is 31.2 Å². The summed E-state index contributed by atoms with van der Waals surface area (Å²) in [5, 5.41) is 0. The van der Waals surface area contributed by atoms with E-state index in [1.54, 1.807) is 6.08 Å². The Morgan fingerprint density at radius 3 is 2.67 bits per heavy atom. The van der Waals surface area contributed by atoms with E-state index in [9.17, 15) is 4.79 Å². The molecule has 0 aromatic rings. The number of allylic oxidation sites excluding steroid dienone is 5. The van der Waals surface area contributed by atoms with Crippen LogP contribution in [0, 0.1) is 0 Å². The van der Waals surface area contributed by atoms with Gasteiger partial charge in [-0.15, -0.1) is 0 Å². The van der Waals surface area contributed by atoms with Crippen LogP contribution in [0.3, 0.4) is 0 Å². The molecule has 0 heterocycles. The Labute approximate surface area is 74.5 Å². The molecular weight excluding hydrogens is 148 g/mol. The topological polar surface area (TPSA) is 17.1 Å². The van der Waals surface area contributed by atoms with Crippen molar-refractivity contribution in [3.05, 3.63) is 37.0 Å². The van der Waals surface area contributed by atoms with E-state index in [4.69, 9.17) is 0 Å². The van der Waals surface area contributed by atoms with Crippen molar-refractivity contribution in [1.29, 1.82) is 0 Å². The second-order valence-corrected chi connectivity index (χ2v) is 2.48. The van der Waals surface area contributed by atoms with Gasteiger partial charge in [-0.3, -0.25) is 4.79 Å². The third-order valence-corrected chi connectivity index (χ3v) is 1.48. The monoisotopic (exact) mass is 164 g/mol. The van der Waals surface area contributed by atoms with Gasteiger partial charge in [-0.25, -0.2) is 0 Å². The number of hydrogen-bond donors (Lipinski definition) is 0. The molecule has 66 valence electrons. The van der Waals surface area contributed by atoms with Crippen LogP contribution in [0.15, 0.2) is 37.0 Å². The van der Waals surface area contributed by atoms with Crippen molar-refractivity contribution in [3.63, 3.8) is 0 Å². The van der Waals surface area contributed by atoms with Crippen LogP contribution in [-0.2, 0) is 4.79 Å². The maximum atomic E-state index is 10.8. The highest BCUT2D eigenvalue weighted by atomic mass is 16.1. The van der Waals surface area contributed by atoms with Crippen LogP contribution in [-0.4, -0.2) is 5.78 Å². The molecule has 0 fully saturated rings. The molecule has 0 saturated heterocycles. The first kappa shape index (κ1) is 10.9. The summed E-state index contributed by atoms with van der Waals surface area (Å²) in [5.74, 6) is 0.326. The average molecular weight is 164 g/mol. The van der Waals surface area contributed by atoms with Gasteiger partial charge in [-0.05, 0) is 6.42 Å². The van der Waals surface area contributed by atoms with Gasteiger partial charge in [-0.2, -0.15) is 0 Å². The van der Waals surface area contributed by atoms with Crippen molar-refractivity contribution in [1.82, 2.24) is 0 Å². The van der Waals surface area contributed by atoms with Crippen LogP contribution in [0.25, 0.3) is 0 Å². The molecule has 1 heteroatoms. The average Bonchev–Trinajstić information content (AvgIpc) is 2.10. The van der Waals surface area contributed by atoms with Gasteiger partial charge in [0.25, 0.3) is 0 Å². The van der Waals surface area contributed by atoms with Gasteiger partial charge < -0.3 is 0 Å². The van der Waals surface area contributed by atoms with Crippen molar-refractivity contribution >= 4 is 5.78 Å². The summed E-state index contributed by atoms with van der Waals surface area (Å²) >= 11 is 0. The molecule has 0 bridgehead atoms. The van der Waals surface area contributed by atoms with E-state index in [-0.39, 0.29) is 0 Å². The summed E-state index contributed by atoms with van der Waals surface area (Å²) in [6, 6.07) is 0. The number of Topliss-reactive ketones (excluding diaryl/α,β-unsaturated/α-hetero) is 1. The molecule has 12 heavy (non-hydrogen) atoms. The minimum absolute atomic E-state index is 0.326. The molecule has 0 aromatic heterocycles. The number of ketones is 1. The minimum atomic E-state index is 0.326. The number of carbonyl (C=O) groups excluding carboxylic acids is 1. The highest BCUT2D eigenvalue weighted by molar-refractivity contribution is 5.78. The molecule has 0 rings (SSSR count). The van der Waals surface area contributed by atoms with Gasteiger partial charge in [0.1, 0.15) is 5.78 Å². The number of carbonyl (C=O) groups is 1. The number of rotatable bonds is 6. The maximum absolute atomic E-state index is 10.8. The molecule has 0 saturated carbocycles. The Hall–Kier alpha value is -1.11. The molecule has 0 spiro atoms. The Kier molecular flexibility index (Phi) is 7.25.